The first-order valence-corrected chi connectivity index (χ1v) is 5.47. The fourth-order valence-electron chi connectivity index (χ4n) is 1.27. The highest BCUT2D eigenvalue weighted by Crippen LogP contribution is 2.10. The molecule has 0 aromatic heterocycles. The minimum Gasteiger partial charge on any atom is -0.409 e. The number of amidine groups is 1. The largest absolute Gasteiger partial charge is 0.409 e. The number of nitrogens with two attached hydrogens (primary N) is 1. The van der Waals surface area contributed by atoms with Crippen molar-refractivity contribution < 1.29 is 10.0 Å². The Labute approximate surface area is 104 Å². The molecule has 0 saturated carbocycles. The number of benzene rings is 1. The third-order valence-electron chi connectivity index (χ3n) is 2.09. The van der Waals surface area contributed by atoms with Crippen LogP contribution in [0.15, 0.2) is 29.4 Å². The monoisotopic (exact) mass is 255 g/mol. The second-order valence-corrected chi connectivity index (χ2v) is 3.93. The lowest BCUT2D eigenvalue weighted by molar-refractivity contribution is -0.120. The van der Waals surface area contributed by atoms with Gasteiger partial charge in [-0.2, -0.15) is 0 Å². The van der Waals surface area contributed by atoms with E-state index in [0.29, 0.717) is 18.0 Å². The third-order valence-corrected chi connectivity index (χ3v) is 2.32. The van der Waals surface area contributed by atoms with Gasteiger partial charge in [-0.25, -0.2) is 0 Å². The van der Waals surface area contributed by atoms with E-state index in [2.05, 4.69) is 10.5 Å². The minimum atomic E-state index is -0.127. The average Bonchev–Trinajstić information content (AvgIpc) is 2.28. The zero-order valence-electron chi connectivity index (χ0n) is 9.19. The third kappa shape index (κ3) is 5.21. The number of carbonyl (C=O) groups is 1. The molecule has 1 aromatic carbocycles. The van der Waals surface area contributed by atoms with Crippen LogP contribution in [0.4, 0.5) is 0 Å². The molecule has 0 aliphatic rings. The second-order valence-electron chi connectivity index (χ2n) is 3.50. The zero-order chi connectivity index (χ0) is 12.7. The number of hydrogen-bond acceptors (Lipinski definition) is 3. The number of amides is 1. The van der Waals surface area contributed by atoms with Crippen molar-refractivity contribution in [3.8, 4) is 0 Å². The summed E-state index contributed by atoms with van der Waals surface area (Å²) in [6.45, 7) is 0.343. The van der Waals surface area contributed by atoms with E-state index in [4.69, 9.17) is 22.5 Å². The topological polar surface area (TPSA) is 87.7 Å². The Balaban J connectivity index is 2.35. The molecule has 1 rings (SSSR count). The molecule has 4 N–H and O–H groups in total. The molecular formula is C11H14ClN3O2. The van der Waals surface area contributed by atoms with E-state index < -0.39 is 0 Å². The molecule has 1 amide bonds. The van der Waals surface area contributed by atoms with Crippen molar-refractivity contribution in [1.82, 2.24) is 5.32 Å². The van der Waals surface area contributed by atoms with Crippen molar-refractivity contribution in [2.45, 2.75) is 12.8 Å². The van der Waals surface area contributed by atoms with Gasteiger partial charge in [0, 0.05) is 18.0 Å². The smallest absolute Gasteiger partial charge is 0.224 e. The molecule has 0 aliphatic heterocycles. The van der Waals surface area contributed by atoms with Crippen LogP contribution in [-0.2, 0) is 11.2 Å². The minimum absolute atomic E-state index is 0.0908. The van der Waals surface area contributed by atoms with Gasteiger partial charge in [0.15, 0.2) is 0 Å². The van der Waals surface area contributed by atoms with E-state index >= 15 is 0 Å². The van der Waals surface area contributed by atoms with Crippen molar-refractivity contribution in [3.63, 3.8) is 0 Å². The normalized spacial score (nSPS) is 11.2. The van der Waals surface area contributed by atoms with Gasteiger partial charge in [0.2, 0.25) is 5.91 Å². The highest BCUT2D eigenvalue weighted by molar-refractivity contribution is 6.30. The van der Waals surface area contributed by atoms with Crippen LogP contribution in [0.2, 0.25) is 5.02 Å². The van der Waals surface area contributed by atoms with E-state index in [1.54, 1.807) is 18.2 Å². The quantitative estimate of drug-likeness (QED) is 0.319. The number of nitrogens with zero attached hydrogens (tertiary/aromatic N) is 1. The molecule has 0 heterocycles. The maximum absolute atomic E-state index is 11.5. The Morgan fingerprint density at radius 1 is 1.53 bits per heavy atom. The molecule has 0 bridgehead atoms. The van der Waals surface area contributed by atoms with Gasteiger partial charge in [0.05, 0.1) is 6.42 Å². The Kier molecular flexibility index (Phi) is 5.29. The number of nitrogens with one attached hydrogen (secondary N) is 1. The first-order valence-electron chi connectivity index (χ1n) is 5.09. The summed E-state index contributed by atoms with van der Waals surface area (Å²) in [5, 5.41) is 14.4. The van der Waals surface area contributed by atoms with Crippen molar-refractivity contribution >= 4 is 23.3 Å². The molecule has 0 radical (unpaired) electrons. The Morgan fingerprint density at radius 2 is 2.29 bits per heavy atom. The number of oxime groups is 1. The fraction of sp³-hybridized carbons (Fsp3) is 0.273. The lowest BCUT2D eigenvalue weighted by Crippen LogP contribution is -2.29. The number of rotatable bonds is 5. The van der Waals surface area contributed by atoms with Crippen molar-refractivity contribution in [1.29, 1.82) is 0 Å². The molecule has 0 spiro atoms. The standard InChI is InChI=1S/C11H14ClN3O2/c12-9-3-1-2-8(6-9)7-11(16)14-5-4-10(13)15-17/h1-3,6,17H,4-5,7H2,(H2,13,15)(H,14,16). The highest BCUT2D eigenvalue weighted by Gasteiger charge is 2.03. The summed E-state index contributed by atoms with van der Waals surface area (Å²) < 4.78 is 0. The van der Waals surface area contributed by atoms with Crippen LogP contribution in [0.3, 0.4) is 0 Å². The summed E-state index contributed by atoms with van der Waals surface area (Å²) >= 11 is 5.80. The van der Waals surface area contributed by atoms with E-state index in [0.717, 1.165) is 5.56 Å². The molecule has 5 nitrogen and oxygen atoms in total. The summed E-state index contributed by atoms with van der Waals surface area (Å²) in [4.78, 5) is 11.5. The van der Waals surface area contributed by atoms with Gasteiger partial charge in [-0.05, 0) is 17.7 Å². The van der Waals surface area contributed by atoms with Gasteiger partial charge >= 0.3 is 0 Å². The lowest BCUT2D eigenvalue weighted by atomic mass is 10.1. The first kappa shape index (κ1) is 13.3. The van der Waals surface area contributed by atoms with Crippen LogP contribution in [0, 0.1) is 0 Å². The Hall–Kier alpha value is -1.75. The van der Waals surface area contributed by atoms with E-state index in [1.165, 1.54) is 0 Å². The second kappa shape index (κ2) is 6.75. The Bertz CT molecular complexity index is 421. The van der Waals surface area contributed by atoms with Gasteiger partial charge in [0.25, 0.3) is 0 Å². The molecule has 1 aromatic rings. The van der Waals surface area contributed by atoms with Crippen molar-refractivity contribution in [3.05, 3.63) is 34.9 Å². The molecule has 0 saturated heterocycles. The van der Waals surface area contributed by atoms with Crippen molar-refractivity contribution in [2.75, 3.05) is 6.54 Å². The van der Waals surface area contributed by atoms with Crippen LogP contribution < -0.4 is 11.1 Å². The zero-order valence-corrected chi connectivity index (χ0v) is 9.94. The molecule has 0 fully saturated rings. The molecule has 92 valence electrons. The lowest BCUT2D eigenvalue weighted by Gasteiger charge is -2.04. The average molecular weight is 256 g/mol. The van der Waals surface area contributed by atoms with Gasteiger partial charge in [-0.1, -0.05) is 28.9 Å². The summed E-state index contributed by atoms with van der Waals surface area (Å²) in [5.41, 5.74) is 6.11. The summed E-state index contributed by atoms with van der Waals surface area (Å²) in [7, 11) is 0. The van der Waals surface area contributed by atoms with Crippen LogP contribution in [0.25, 0.3) is 0 Å². The van der Waals surface area contributed by atoms with E-state index in [-0.39, 0.29) is 18.2 Å². The van der Waals surface area contributed by atoms with Crippen LogP contribution in [0.1, 0.15) is 12.0 Å². The molecular weight excluding hydrogens is 242 g/mol. The molecule has 0 atom stereocenters. The van der Waals surface area contributed by atoms with E-state index in [9.17, 15) is 4.79 Å². The predicted octanol–water partition coefficient (Wildman–Crippen LogP) is 1.14. The van der Waals surface area contributed by atoms with Crippen LogP contribution >= 0.6 is 11.6 Å². The number of carbonyl (C=O) groups excluding carboxylic acids is 1. The van der Waals surface area contributed by atoms with Crippen LogP contribution in [0.5, 0.6) is 0 Å². The van der Waals surface area contributed by atoms with Gasteiger partial charge in [-0.15, -0.1) is 0 Å². The summed E-state index contributed by atoms with van der Waals surface area (Å²) in [6, 6.07) is 7.11. The van der Waals surface area contributed by atoms with Gasteiger partial charge < -0.3 is 16.3 Å². The molecule has 17 heavy (non-hydrogen) atoms. The van der Waals surface area contributed by atoms with Gasteiger partial charge in [-0.3, -0.25) is 4.79 Å². The fourth-order valence-corrected chi connectivity index (χ4v) is 1.49. The molecule has 6 heteroatoms. The molecule has 0 aliphatic carbocycles. The highest BCUT2D eigenvalue weighted by atomic mass is 35.5. The van der Waals surface area contributed by atoms with E-state index in [1.807, 2.05) is 6.07 Å². The number of hydrogen-bond donors (Lipinski definition) is 3. The maximum atomic E-state index is 11.5. The summed E-state index contributed by atoms with van der Waals surface area (Å²) in [5.74, 6) is -0.0361. The van der Waals surface area contributed by atoms with Crippen LogP contribution in [-0.4, -0.2) is 23.5 Å². The summed E-state index contributed by atoms with van der Waals surface area (Å²) in [6.07, 6.45) is 0.578. The van der Waals surface area contributed by atoms with Gasteiger partial charge in [0.1, 0.15) is 5.84 Å². The Morgan fingerprint density at radius 3 is 2.94 bits per heavy atom. The van der Waals surface area contributed by atoms with Crippen molar-refractivity contribution in [2.24, 2.45) is 10.9 Å². The number of halogens is 1. The predicted molar refractivity (Wildman–Crippen MR) is 66.2 cm³/mol. The molecule has 0 unspecified atom stereocenters. The first-order chi connectivity index (χ1) is 8.11. The maximum Gasteiger partial charge on any atom is 0.224 e. The SMILES string of the molecule is NC(CCNC(=O)Cc1cccc(Cl)c1)=NO.